The first kappa shape index (κ1) is 8.27. The molecule has 0 aliphatic rings. The Balaban J connectivity index is 2.54. The van der Waals surface area contributed by atoms with Crippen LogP contribution in [0.1, 0.15) is 0 Å². The van der Waals surface area contributed by atoms with Gasteiger partial charge in [0.2, 0.25) is 0 Å². The van der Waals surface area contributed by atoms with Crippen molar-refractivity contribution in [3.05, 3.63) is 53.8 Å². The first-order valence-electron chi connectivity index (χ1n) is 4.03. The Morgan fingerprint density at radius 3 is 2.46 bits per heavy atom. The van der Waals surface area contributed by atoms with Gasteiger partial charge in [-0.25, -0.2) is 0 Å². The highest BCUT2D eigenvalue weighted by molar-refractivity contribution is 6.33. The molecule has 0 spiro atoms. The van der Waals surface area contributed by atoms with Gasteiger partial charge in [-0.1, -0.05) is 41.9 Å². The van der Waals surface area contributed by atoms with E-state index < -0.39 is 0 Å². The van der Waals surface area contributed by atoms with Gasteiger partial charge < -0.3 is 0 Å². The molecule has 0 saturated heterocycles. The van der Waals surface area contributed by atoms with Crippen LogP contribution in [0.3, 0.4) is 0 Å². The zero-order chi connectivity index (χ0) is 9.10. The number of halogens is 1. The standard InChI is InChI=1S/C11H8ClN/c12-11-8-13-7-6-10(11)9-4-2-1-3-5-9/h1-8H. The molecule has 1 heterocycles. The van der Waals surface area contributed by atoms with Crippen LogP contribution in [0.5, 0.6) is 0 Å². The van der Waals surface area contributed by atoms with E-state index in [2.05, 4.69) is 4.98 Å². The van der Waals surface area contributed by atoms with Crippen molar-refractivity contribution in [3.8, 4) is 11.1 Å². The van der Waals surface area contributed by atoms with E-state index in [0.717, 1.165) is 11.1 Å². The number of benzene rings is 1. The number of hydrogen-bond acceptors (Lipinski definition) is 1. The first-order chi connectivity index (χ1) is 6.38. The van der Waals surface area contributed by atoms with Crippen LogP contribution in [-0.2, 0) is 0 Å². The van der Waals surface area contributed by atoms with Gasteiger partial charge in [-0.05, 0) is 11.6 Å². The molecule has 0 N–H and O–H groups in total. The second-order valence-electron chi connectivity index (χ2n) is 2.72. The summed E-state index contributed by atoms with van der Waals surface area (Å²) in [4.78, 5) is 3.94. The van der Waals surface area contributed by atoms with Crippen molar-refractivity contribution in [1.29, 1.82) is 0 Å². The van der Waals surface area contributed by atoms with Gasteiger partial charge in [0.25, 0.3) is 0 Å². The average Bonchev–Trinajstić information content (AvgIpc) is 2.20. The van der Waals surface area contributed by atoms with Crippen molar-refractivity contribution in [2.45, 2.75) is 0 Å². The number of pyridine rings is 1. The Hall–Kier alpha value is -1.34. The molecule has 2 heteroatoms. The zero-order valence-corrected chi connectivity index (χ0v) is 7.70. The summed E-state index contributed by atoms with van der Waals surface area (Å²) in [6.07, 6.45) is 3.40. The molecule has 0 bridgehead atoms. The van der Waals surface area contributed by atoms with Crippen molar-refractivity contribution < 1.29 is 0 Å². The third kappa shape index (κ3) is 1.70. The predicted molar refractivity (Wildman–Crippen MR) is 54.7 cm³/mol. The highest BCUT2D eigenvalue weighted by Crippen LogP contribution is 2.25. The van der Waals surface area contributed by atoms with Crippen LogP contribution >= 0.6 is 11.6 Å². The molecule has 1 nitrogen and oxygen atoms in total. The van der Waals surface area contributed by atoms with E-state index >= 15 is 0 Å². The van der Waals surface area contributed by atoms with Gasteiger partial charge in [0, 0.05) is 18.0 Å². The van der Waals surface area contributed by atoms with E-state index in [0.29, 0.717) is 5.02 Å². The molecule has 13 heavy (non-hydrogen) atoms. The predicted octanol–water partition coefficient (Wildman–Crippen LogP) is 3.40. The monoisotopic (exact) mass is 189 g/mol. The maximum absolute atomic E-state index is 6.00. The fraction of sp³-hybridized carbons (Fsp3) is 0. The van der Waals surface area contributed by atoms with Gasteiger partial charge in [0.1, 0.15) is 0 Å². The molecule has 2 aromatic rings. The van der Waals surface area contributed by atoms with Crippen molar-refractivity contribution >= 4 is 11.6 Å². The minimum Gasteiger partial charge on any atom is -0.263 e. The maximum atomic E-state index is 6.00. The molecule has 0 saturated carbocycles. The summed E-state index contributed by atoms with van der Waals surface area (Å²) >= 11 is 6.00. The average molecular weight is 190 g/mol. The smallest absolute Gasteiger partial charge is 0.0667 e. The van der Waals surface area contributed by atoms with Crippen LogP contribution in [-0.4, -0.2) is 4.98 Å². The summed E-state index contributed by atoms with van der Waals surface area (Å²) in [5.74, 6) is 0. The minimum atomic E-state index is 0.689. The molecule has 0 aliphatic carbocycles. The maximum Gasteiger partial charge on any atom is 0.0667 e. The van der Waals surface area contributed by atoms with Gasteiger partial charge in [-0.2, -0.15) is 0 Å². The second-order valence-corrected chi connectivity index (χ2v) is 3.13. The minimum absolute atomic E-state index is 0.689. The zero-order valence-electron chi connectivity index (χ0n) is 6.94. The van der Waals surface area contributed by atoms with Crippen LogP contribution < -0.4 is 0 Å². The number of aromatic nitrogens is 1. The highest BCUT2D eigenvalue weighted by Gasteiger charge is 2.00. The number of nitrogens with zero attached hydrogens (tertiary/aromatic N) is 1. The summed E-state index contributed by atoms with van der Waals surface area (Å²) in [7, 11) is 0. The Kier molecular flexibility index (Phi) is 2.28. The van der Waals surface area contributed by atoms with Crippen molar-refractivity contribution in [2.24, 2.45) is 0 Å². The lowest BCUT2D eigenvalue weighted by molar-refractivity contribution is 1.33. The third-order valence-electron chi connectivity index (χ3n) is 1.86. The van der Waals surface area contributed by atoms with Gasteiger partial charge >= 0.3 is 0 Å². The number of rotatable bonds is 1. The van der Waals surface area contributed by atoms with E-state index in [9.17, 15) is 0 Å². The van der Waals surface area contributed by atoms with Crippen molar-refractivity contribution in [3.63, 3.8) is 0 Å². The van der Waals surface area contributed by atoms with Crippen LogP contribution in [0.2, 0.25) is 5.02 Å². The summed E-state index contributed by atoms with van der Waals surface area (Å²) in [5, 5.41) is 0.689. The van der Waals surface area contributed by atoms with E-state index in [1.54, 1.807) is 12.4 Å². The Morgan fingerprint density at radius 1 is 1.00 bits per heavy atom. The molecule has 0 amide bonds. The van der Waals surface area contributed by atoms with Crippen molar-refractivity contribution in [1.82, 2.24) is 4.98 Å². The van der Waals surface area contributed by atoms with Crippen LogP contribution in [0.4, 0.5) is 0 Å². The summed E-state index contributed by atoms with van der Waals surface area (Å²) in [6, 6.07) is 11.9. The Labute approximate surface area is 82.0 Å². The SMILES string of the molecule is Clc1cnccc1-c1ccccc1. The molecule has 0 aliphatic heterocycles. The fourth-order valence-electron chi connectivity index (χ4n) is 1.23. The van der Waals surface area contributed by atoms with Crippen LogP contribution in [0, 0.1) is 0 Å². The van der Waals surface area contributed by atoms with Gasteiger partial charge in [0.05, 0.1) is 5.02 Å². The van der Waals surface area contributed by atoms with Gasteiger partial charge in [0.15, 0.2) is 0 Å². The molecule has 64 valence electrons. The molecule has 1 aromatic heterocycles. The first-order valence-corrected chi connectivity index (χ1v) is 4.40. The largest absolute Gasteiger partial charge is 0.263 e. The van der Waals surface area contributed by atoms with Crippen molar-refractivity contribution in [2.75, 3.05) is 0 Å². The molecular formula is C11H8ClN. The number of hydrogen-bond donors (Lipinski definition) is 0. The third-order valence-corrected chi connectivity index (χ3v) is 2.16. The second kappa shape index (κ2) is 3.58. The topological polar surface area (TPSA) is 12.9 Å². The van der Waals surface area contributed by atoms with E-state index in [-0.39, 0.29) is 0 Å². The molecule has 1 aromatic carbocycles. The lowest BCUT2D eigenvalue weighted by Crippen LogP contribution is -1.79. The van der Waals surface area contributed by atoms with E-state index in [4.69, 9.17) is 11.6 Å². The lowest BCUT2D eigenvalue weighted by atomic mass is 10.1. The molecule has 0 atom stereocenters. The highest BCUT2D eigenvalue weighted by atomic mass is 35.5. The lowest BCUT2D eigenvalue weighted by Gasteiger charge is -2.01. The Bertz CT molecular complexity index is 398. The molecule has 2 rings (SSSR count). The fourth-order valence-corrected chi connectivity index (χ4v) is 1.46. The Morgan fingerprint density at radius 2 is 1.77 bits per heavy atom. The quantitative estimate of drug-likeness (QED) is 0.670. The molecule has 0 fully saturated rings. The molecule has 0 unspecified atom stereocenters. The summed E-state index contributed by atoms with van der Waals surface area (Å²) in [6.45, 7) is 0. The van der Waals surface area contributed by atoms with Crippen LogP contribution in [0.15, 0.2) is 48.8 Å². The summed E-state index contributed by atoms with van der Waals surface area (Å²) in [5.41, 5.74) is 2.15. The van der Waals surface area contributed by atoms with E-state index in [1.165, 1.54) is 0 Å². The molecule has 0 radical (unpaired) electrons. The summed E-state index contributed by atoms with van der Waals surface area (Å²) < 4.78 is 0. The normalized spacial score (nSPS) is 9.92. The van der Waals surface area contributed by atoms with Crippen LogP contribution in [0.25, 0.3) is 11.1 Å². The van der Waals surface area contributed by atoms with E-state index in [1.807, 2.05) is 36.4 Å². The van der Waals surface area contributed by atoms with Gasteiger partial charge in [-0.15, -0.1) is 0 Å². The van der Waals surface area contributed by atoms with Gasteiger partial charge in [-0.3, -0.25) is 4.98 Å². The molecular weight excluding hydrogens is 182 g/mol.